The molecule has 0 amide bonds. The average Bonchev–Trinajstić information content (AvgIpc) is 3.83. The average molecular weight is 1020 g/mol. The van der Waals surface area contributed by atoms with Gasteiger partial charge in [0, 0.05) is 93.4 Å². The van der Waals surface area contributed by atoms with E-state index in [0.717, 1.165) is 71.9 Å². The molecule has 0 spiro atoms. The van der Waals surface area contributed by atoms with Crippen molar-refractivity contribution in [2.24, 2.45) is 5.92 Å². The van der Waals surface area contributed by atoms with Crippen LogP contribution in [-0.2, 0) is 20.5 Å². The molecule has 13 nitrogen and oxygen atoms in total. The van der Waals surface area contributed by atoms with Gasteiger partial charge in [0.2, 0.25) is 11.7 Å². The second-order valence-corrected chi connectivity index (χ2v) is 20.7. The zero-order valence-electron chi connectivity index (χ0n) is 41.0. The van der Waals surface area contributed by atoms with Crippen LogP contribution in [0.1, 0.15) is 65.2 Å². The van der Waals surface area contributed by atoms with Crippen molar-refractivity contribution in [3.05, 3.63) is 197 Å². The van der Waals surface area contributed by atoms with Crippen LogP contribution in [0.3, 0.4) is 0 Å². The van der Waals surface area contributed by atoms with Crippen molar-refractivity contribution in [3.8, 4) is 11.1 Å². The van der Waals surface area contributed by atoms with Gasteiger partial charge in [-0.25, -0.2) is 28.1 Å². The molecule has 0 aliphatic carbocycles. The van der Waals surface area contributed by atoms with E-state index < -0.39 is 44.4 Å². The standard InChI is InChI=1S/C57H56F3N9O4S/c1-3-66(2)74(71,72)65-50-21-20-48(58)52(53(50)60)54(70)47-36-69(57(41-13-7-4-8-14-41,42-15-9-5-10-16-42)43-17-11-6-12-18-43)55-46(47)31-39(33-62-55)40-34-63-56(64-35-40)68-29-25-45(26-30-68)73-37-38-23-27-67(28-24-38)51-22-19-44(61)32-49(51)59/h4-22,31-36,38,45,65H,3,23-30,37,61H2,1-2H3. The minimum absolute atomic E-state index is 0.0767. The number of carbonyl (C=O) groups excluding carboxylic acids is 1. The van der Waals surface area contributed by atoms with Gasteiger partial charge < -0.3 is 24.8 Å². The summed E-state index contributed by atoms with van der Waals surface area (Å²) in [6, 6.07) is 37.6. The number of hydrogen-bond acceptors (Lipinski definition) is 10. The summed E-state index contributed by atoms with van der Waals surface area (Å²) in [7, 11) is -2.94. The number of nitrogens with two attached hydrogens (primary N) is 1. The maximum Gasteiger partial charge on any atom is 0.301 e. The fraction of sp³-hybridized carbons (Fsp3) is 0.263. The number of ether oxygens (including phenoxy) is 1. The first-order valence-corrected chi connectivity index (χ1v) is 26.2. The van der Waals surface area contributed by atoms with Crippen molar-refractivity contribution in [2.75, 3.05) is 66.6 Å². The van der Waals surface area contributed by atoms with E-state index in [1.807, 2.05) is 95.6 Å². The lowest BCUT2D eigenvalue weighted by Crippen LogP contribution is -2.39. The molecule has 0 radical (unpaired) electrons. The van der Waals surface area contributed by atoms with Crippen LogP contribution in [0.15, 0.2) is 152 Å². The molecule has 10 rings (SSSR count). The molecule has 380 valence electrons. The van der Waals surface area contributed by atoms with Crippen molar-refractivity contribution in [1.82, 2.24) is 23.8 Å². The Labute approximate surface area is 428 Å². The number of rotatable bonds is 16. The third-order valence-electron chi connectivity index (χ3n) is 14.4. The Bertz CT molecular complexity index is 3290. The molecule has 3 N–H and O–H groups in total. The maximum atomic E-state index is 16.7. The first-order valence-electron chi connectivity index (χ1n) is 24.8. The van der Waals surface area contributed by atoms with Gasteiger partial charge in [-0.1, -0.05) is 97.9 Å². The largest absolute Gasteiger partial charge is 0.399 e. The molecule has 17 heteroatoms. The Morgan fingerprint density at radius 1 is 0.743 bits per heavy atom. The van der Waals surface area contributed by atoms with E-state index in [-0.39, 0.29) is 29.4 Å². The minimum Gasteiger partial charge on any atom is -0.399 e. The highest BCUT2D eigenvalue weighted by atomic mass is 32.2. The summed E-state index contributed by atoms with van der Waals surface area (Å²) in [5.41, 5.74) is 7.89. The zero-order valence-corrected chi connectivity index (χ0v) is 41.9. The van der Waals surface area contributed by atoms with Crippen LogP contribution < -0.4 is 20.3 Å². The molecule has 5 aromatic carbocycles. The molecular formula is C57H56F3N9O4S. The number of halogens is 3. The summed E-state index contributed by atoms with van der Waals surface area (Å²) >= 11 is 0. The normalized spacial score (nSPS) is 15.0. The summed E-state index contributed by atoms with van der Waals surface area (Å²) in [5.74, 6) is -2.90. The van der Waals surface area contributed by atoms with Gasteiger partial charge in [-0.05, 0) is 84.7 Å². The number of pyridine rings is 1. The molecule has 3 aromatic heterocycles. The molecule has 2 aliphatic heterocycles. The van der Waals surface area contributed by atoms with Crippen LogP contribution >= 0.6 is 0 Å². The lowest BCUT2D eigenvalue weighted by Gasteiger charge is -2.38. The topological polar surface area (TPSA) is 152 Å². The van der Waals surface area contributed by atoms with Crippen LogP contribution in [-0.4, -0.2) is 90.5 Å². The van der Waals surface area contributed by atoms with Gasteiger partial charge in [0.15, 0.2) is 5.82 Å². The minimum atomic E-state index is -4.25. The van der Waals surface area contributed by atoms with Crippen molar-refractivity contribution in [2.45, 2.75) is 44.2 Å². The Morgan fingerprint density at radius 2 is 1.32 bits per heavy atom. The quantitative estimate of drug-likeness (QED) is 0.0544. The molecule has 2 aliphatic rings. The van der Waals surface area contributed by atoms with Crippen LogP contribution in [0.4, 0.5) is 36.2 Å². The zero-order chi connectivity index (χ0) is 51.6. The van der Waals surface area contributed by atoms with Crippen LogP contribution in [0.25, 0.3) is 22.2 Å². The number of benzene rings is 5. The third-order valence-corrected chi connectivity index (χ3v) is 16.0. The highest BCUT2D eigenvalue weighted by Crippen LogP contribution is 2.44. The van der Waals surface area contributed by atoms with Crippen LogP contribution in [0, 0.1) is 23.4 Å². The predicted molar refractivity (Wildman–Crippen MR) is 283 cm³/mol. The Morgan fingerprint density at radius 3 is 1.91 bits per heavy atom. The van der Waals surface area contributed by atoms with Gasteiger partial charge in [0.1, 0.15) is 22.8 Å². The van der Waals surface area contributed by atoms with Gasteiger partial charge in [-0.3, -0.25) is 9.52 Å². The molecule has 0 unspecified atom stereocenters. The fourth-order valence-electron chi connectivity index (χ4n) is 10.3. The Hall–Kier alpha value is -7.60. The SMILES string of the molecule is CCN(C)S(=O)(=O)Nc1ccc(F)c(C(=O)c2cn(C(c3ccccc3)(c3ccccc3)c3ccccc3)c3ncc(-c4cnc(N5CCC(OCC6CCN(c7ccc(N)cc7F)CC6)CC5)nc4)cc23)c1F. The van der Waals surface area contributed by atoms with Gasteiger partial charge in [0.25, 0.3) is 0 Å². The molecule has 74 heavy (non-hydrogen) atoms. The maximum absolute atomic E-state index is 16.7. The summed E-state index contributed by atoms with van der Waals surface area (Å²) < 4.78 is 84.9. The number of fused-ring (bicyclic) bond motifs is 1. The number of nitrogens with one attached hydrogen (secondary N) is 1. The number of nitrogen functional groups attached to an aromatic ring is 1. The van der Waals surface area contributed by atoms with Crippen molar-refractivity contribution in [3.63, 3.8) is 0 Å². The molecule has 5 heterocycles. The summed E-state index contributed by atoms with van der Waals surface area (Å²) in [4.78, 5) is 33.9. The predicted octanol–water partition coefficient (Wildman–Crippen LogP) is 10.1. The lowest BCUT2D eigenvalue weighted by atomic mass is 9.76. The number of carbonyl (C=O) groups is 1. The molecule has 8 aromatic rings. The summed E-state index contributed by atoms with van der Waals surface area (Å²) in [5, 5.41) is 0.280. The summed E-state index contributed by atoms with van der Waals surface area (Å²) in [6.07, 6.45) is 10.2. The number of aromatic nitrogens is 4. The second-order valence-electron chi connectivity index (χ2n) is 18.9. The third kappa shape index (κ3) is 9.70. The van der Waals surface area contributed by atoms with E-state index in [9.17, 15) is 12.8 Å². The molecule has 2 fully saturated rings. The van der Waals surface area contributed by atoms with E-state index in [4.69, 9.17) is 25.4 Å². The first-order chi connectivity index (χ1) is 35.8. The number of nitrogens with zero attached hydrogens (tertiary/aromatic N) is 7. The highest BCUT2D eigenvalue weighted by molar-refractivity contribution is 7.90. The van der Waals surface area contributed by atoms with Gasteiger partial charge in [0.05, 0.1) is 28.6 Å². The Balaban J connectivity index is 0.960. The smallest absolute Gasteiger partial charge is 0.301 e. The molecule has 0 atom stereocenters. The van der Waals surface area contributed by atoms with Crippen molar-refractivity contribution < 1.29 is 31.1 Å². The highest BCUT2D eigenvalue weighted by Gasteiger charge is 2.41. The van der Waals surface area contributed by atoms with Gasteiger partial charge >= 0.3 is 10.2 Å². The molecular weight excluding hydrogens is 964 g/mol. The van der Waals surface area contributed by atoms with Crippen molar-refractivity contribution >= 4 is 50.0 Å². The summed E-state index contributed by atoms with van der Waals surface area (Å²) in [6.45, 7) is 5.25. The lowest BCUT2D eigenvalue weighted by molar-refractivity contribution is 0.0105. The fourth-order valence-corrected chi connectivity index (χ4v) is 11.2. The van der Waals surface area contributed by atoms with Crippen LogP contribution in [0.5, 0.6) is 0 Å². The number of anilines is 4. The number of hydrogen-bond donors (Lipinski definition) is 2. The first kappa shape index (κ1) is 50.0. The molecule has 0 bridgehead atoms. The number of piperidine rings is 2. The van der Waals surface area contributed by atoms with E-state index in [2.05, 4.69) is 14.5 Å². The molecule has 2 saturated heterocycles. The van der Waals surface area contributed by atoms with Gasteiger partial charge in [-0.15, -0.1) is 0 Å². The van der Waals surface area contributed by atoms with E-state index >= 15 is 13.6 Å². The second kappa shape index (κ2) is 21.1. The van der Waals surface area contributed by atoms with E-state index in [0.29, 0.717) is 59.7 Å². The number of ketones is 1. The van der Waals surface area contributed by atoms with Gasteiger partial charge in [-0.2, -0.15) is 12.7 Å². The van der Waals surface area contributed by atoms with Crippen LogP contribution in [0.2, 0.25) is 0 Å². The molecule has 0 saturated carbocycles. The monoisotopic (exact) mass is 1020 g/mol. The Kier molecular flexibility index (Phi) is 14.2. The van der Waals surface area contributed by atoms with E-state index in [1.54, 1.807) is 49.9 Å². The van der Waals surface area contributed by atoms with Crippen molar-refractivity contribution in [1.29, 1.82) is 0 Å². The van der Waals surface area contributed by atoms with E-state index in [1.165, 1.54) is 13.1 Å².